The fourth-order valence-corrected chi connectivity index (χ4v) is 3.44. The van der Waals surface area contributed by atoms with Gasteiger partial charge in [-0.15, -0.1) is 0 Å². The molecule has 0 spiro atoms. The summed E-state index contributed by atoms with van der Waals surface area (Å²) in [6, 6.07) is 9.56. The highest BCUT2D eigenvalue weighted by Gasteiger charge is 2.27. The topological polar surface area (TPSA) is 38.5 Å². The molecule has 3 nitrogen and oxygen atoms in total. The van der Waals surface area contributed by atoms with Crippen LogP contribution in [0.2, 0.25) is 0 Å². The van der Waals surface area contributed by atoms with E-state index in [4.69, 9.17) is 10.5 Å². The number of likely N-dealkylation sites (N-methyl/N-ethyl adjacent to an activating group) is 1. The Morgan fingerprint density at radius 1 is 1.19 bits per heavy atom. The first-order valence-corrected chi connectivity index (χ1v) is 8.48. The van der Waals surface area contributed by atoms with Crippen molar-refractivity contribution in [2.45, 2.75) is 58.0 Å². The first-order valence-electron chi connectivity index (χ1n) is 8.48. The van der Waals surface area contributed by atoms with Crippen molar-refractivity contribution in [1.29, 1.82) is 0 Å². The van der Waals surface area contributed by atoms with E-state index in [-0.39, 0.29) is 0 Å². The van der Waals surface area contributed by atoms with Crippen molar-refractivity contribution in [2.75, 3.05) is 19.7 Å². The molecule has 0 bridgehead atoms. The minimum absolute atomic E-state index is 0.332. The third-order valence-corrected chi connectivity index (χ3v) is 4.52. The van der Waals surface area contributed by atoms with Crippen molar-refractivity contribution >= 4 is 0 Å². The Balaban J connectivity index is 2.07. The molecule has 118 valence electrons. The minimum Gasteiger partial charge on any atom is -0.494 e. The van der Waals surface area contributed by atoms with E-state index in [0.29, 0.717) is 18.6 Å². The van der Waals surface area contributed by atoms with Crippen LogP contribution in [0, 0.1) is 0 Å². The summed E-state index contributed by atoms with van der Waals surface area (Å²) in [5, 5.41) is 0. The molecule has 1 aliphatic rings. The van der Waals surface area contributed by atoms with Gasteiger partial charge >= 0.3 is 0 Å². The fraction of sp³-hybridized carbons (Fsp3) is 0.667. The van der Waals surface area contributed by atoms with Crippen LogP contribution in [-0.2, 0) is 0 Å². The molecule has 1 unspecified atom stereocenters. The molecule has 1 saturated carbocycles. The van der Waals surface area contributed by atoms with Gasteiger partial charge in [0.05, 0.1) is 6.61 Å². The summed E-state index contributed by atoms with van der Waals surface area (Å²) in [7, 11) is 0. The molecule has 1 aliphatic carbocycles. The van der Waals surface area contributed by atoms with Gasteiger partial charge in [-0.3, -0.25) is 4.90 Å². The van der Waals surface area contributed by atoms with Gasteiger partial charge in [-0.2, -0.15) is 0 Å². The number of ether oxygens (including phenoxy) is 1. The van der Waals surface area contributed by atoms with Crippen molar-refractivity contribution in [2.24, 2.45) is 5.73 Å². The summed E-state index contributed by atoms with van der Waals surface area (Å²) >= 11 is 0. The van der Waals surface area contributed by atoms with Gasteiger partial charge in [-0.05, 0) is 43.5 Å². The van der Waals surface area contributed by atoms with Crippen LogP contribution < -0.4 is 10.5 Å². The summed E-state index contributed by atoms with van der Waals surface area (Å²) < 4.78 is 5.67. The van der Waals surface area contributed by atoms with E-state index < -0.39 is 0 Å². The quantitative estimate of drug-likeness (QED) is 0.792. The van der Waals surface area contributed by atoms with E-state index in [1.54, 1.807) is 0 Å². The van der Waals surface area contributed by atoms with Crippen LogP contribution >= 0.6 is 0 Å². The molecule has 2 N–H and O–H groups in total. The van der Waals surface area contributed by atoms with Gasteiger partial charge in [0.2, 0.25) is 0 Å². The second-order valence-electron chi connectivity index (χ2n) is 5.94. The van der Waals surface area contributed by atoms with Crippen molar-refractivity contribution in [1.82, 2.24) is 4.90 Å². The molecule has 1 atom stereocenters. The van der Waals surface area contributed by atoms with E-state index in [0.717, 1.165) is 25.3 Å². The number of rotatable bonds is 8. The van der Waals surface area contributed by atoms with E-state index in [9.17, 15) is 0 Å². The zero-order chi connectivity index (χ0) is 15.1. The molecule has 0 heterocycles. The Labute approximate surface area is 129 Å². The second-order valence-corrected chi connectivity index (χ2v) is 5.94. The van der Waals surface area contributed by atoms with Gasteiger partial charge in [-0.1, -0.05) is 38.8 Å². The van der Waals surface area contributed by atoms with Crippen molar-refractivity contribution in [3.63, 3.8) is 0 Å². The van der Waals surface area contributed by atoms with Crippen molar-refractivity contribution in [3.8, 4) is 5.75 Å². The lowest BCUT2D eigenvalue weighted by Gasteiger charge is -2.35. The predicted molar refractivity (Wildman–Crippen MR) is 88.7 cm³/mol. The lowest BCUT2D eigenvalue weighted by molar-refractivity contribution is 0.147. The monoisotopic (exact) mass is 290 g/mol. The zero-order valence-corrected chi connectivity index (χ0v) is 13.6. The fourth-order valence-electron chi connectivity index (χ4n) is 3.44. The highest BCUT2D eigenvalue weighted by Crippen LogP contribution is 2.31. The molecule has 1 aromatic rings. The SMILES string of the molecule is CCCOc1ccc(C(CN)N(CC)C2CCCC2)cc1. The lowest BCUT2D eigenvalue weighted by atomic mass is 10.0. The maximum absolute atomic E-state index is 6.09. The molecule has 21 heavy (non-hydrogen) atoms. The van der Waals surface area contributed by atoms with Gasteiger partial charge in [0.1, 0.15) is 5.75 Å². The number of hydrogen-bond acceptors (Lipinski definition) is 3. The molecule has 0 aliphatic heterocycles. The summed E-state index contributed by atoms with van der Waals surface area (Å²) in [6.45, 7) is 6.90. The molecule has 1 fully saturated rings. The molecule has 0 radical (unpaired) electrons. The smallest absolute Gasteiger partial charge is 0.119 e. The van der Waals surface area contributed by atoms with E-state index in [1.807, 2.05) is 0 Å². The highest BCUT2D eigenvalue weighted by atomic mass is 16.5. The Kier molecular flexibility index (Phi) is 6.52. The first kappa shape index (κ1) is 16.3. The van der Waals surface area contributed by atoms with Gasteiger partial charge in [0, 0.05) is 18.6 Å². The van der Waals surface area contributed by atoms with Crippen LogP contribution in [0.1, 0.15) is 57.6 Å². The van der Waals surface area contributed by atoms with Crippen LogP contribution in [-0.4, -0.2) is 30.6 Å². The van der Waals surface area contributed by atoms with E-state index in [1.165, 1.54) is 31.2 Å². The van der Waals surface area contributed by atoms with Crippen LogP contribution in [0.4, 0.5) is 0 Å². The summed E-state index contributed by atoms with van der Waals surface area (Å²) in [5.74, 6) is 0.959. The lowest BCUT2D eigenvalue weighted by Crippen LogP contribution is -2.40. The van der Waals surface area contributed by atoms with Gasteiger partial charge < -0.3 is 10.5 Å². The average molecular weight is 290 g/mol. The average Bonchev–Trinajstić information content (AvgIpc) is 3.05. The normalized spacial score (nSPS) is 17.3. The molecule has 0 aromatic heterocycles. The van der Waals surface area contributed by atoms with Crippen LogP contribution in [0.15, 0.2) is 24.3 Å². The van der Waals surface area contributed by atoms with Gasteiger partial charge in [0.25, 0.3) is 0 Å². The first-order chi connectivity index (χ1) is 10.3. The molecule has 0 saturated heterocycles. The Morgan fingerprint density at radius 2 is 1.86 bits per heavy atom. The Bertz CT molecular complexity index is 398. The third kappa shape index (κ3) is 4.21. The summed E-state index contributed by atoms with van der Waals surface area (Å²) in [5.41, 5.74) is 7.41. The molecular weight excluding hydrogens is 260 g/mol. The number of nitrogens with zero attached hydrogens (tertiary/aromatic N) is 1. The van der Waals surface area contributed by atoms with Crippen molar-refractivity contribution < 1.29 is 4.74 Å². The molecule has 2 rings (SSSR count). The Morgan fingerprint density at radius 3 is 2.38 bits per heavy atom. The maximum Gasteiger partial charge on any atom is 0.119 e. The summed E-state index contributed by atoms with van der Waals surface area (Å²) in [6.07, 6.45) is 6.41. The molecule has 1 aromatic carbocycles. The second kappa shape index (κ2) is 8.40. The van der Waals surface area contributed by atoms with Crippen LogP contribution in [0.3, 0.4) is 0 Å². The molecule has 0 amide bonds. The standard InChI is InChI=1S/C18H30N2O/c1-3-13-21-17-11-9-15(10-12-17)18(14-19)20(4-2)16-7-5-6-8-16/h9-12,16,18H,3-8,13-14,19H2,1-2H3. The maximum atomic E-state index is 6.09. The van der Waals surface area contributed by atoms with Crippen LogP contribution in [0.5, 0.6) is 5.75 Å². The largest absolute Gasteiger partial charge is 0.494 e. The molecule has 3 heteroatoms. The minimum atomic E-state index is 0.332. The number of hydrogen-bond donors (Lipinski definition) is 1. The Hall–Kier alpha value is -1.06. The number of benzene rings is 1. The van der Waals surface area contributed by atoms with E-state index in [2.05, 4.69) is 43.0 Å². The van der Waals surface area contributed by atoms with Gasteiger partial charge in [-0.25, -0.2) is 0 Å². The van der Waals surface area contributed by atoms with Crippen LogP contribution in [0.25, 0.3) is 0 Å². The van der Waals surface area contributed by atoms with E-state index >= 15 is 0 Å². The number of nitrogens with two attached hydrogens (primary N) is 1. The van der Waals surface area contributed by atoms with Crippen molar-refractivity contribution in [3.05, 3.63) is 29.8 Å². The zero-order valence-electron chi connectivity index (χ0n) is 13.6. The highest BCUT2D eigenvalue weighted by molar-refractivity contribution is 5.29. The van der Waals surface area contributed by atoms with Gasteiger partial charge in [0.15, 0.2) is 0 Å². The summed E-state index contributed by atoms with van der Waals surface area (Å²) in [4.78, 5) is 2.59. The third-order valence-electron chi connectivity index (χ3n) is 4.52. The molecular formula is C18H30N2O. The predicted octanol–water partition coefficient (Wildman–Crippen LogP) is 3.74.